The molecule has 0 rings (SSSR count). The van der Waals surface area contributed by atoms with Crippen molar-refractivity contribution < 1.29 is 19.1 Å². The van der Waals surface area contributed by atoms with Crippen molar-refractivity contribution in [3.8, 4) is 0 Å². The molecule has 0 aliphatic rings. The van der Waals surface area contributed by atoms with Crippen LogP contribution >= 0.6 is 35.7 Å². The number of carbonyl (C=O) groups is 2. The van der Waals surface area contributed by atoms with E-state index >= 15 is 0 Å². The fraction of sp³-hybridized carbons (Fsp3) is 0.792. The number of hydrogen-bond donors (Lipinski definition) is 1. The molecule has 0 saturated carbocycles. The van der Waals surface area contributed by atoms with Crippen molar-refractivity contribution in [2.45, 2.75) is 97.4 Å². The number of unbranched alkanes of at least 4 members (excludes halogenated alkanes) is 9. The molecule has 0 fully saturated rings. The number of nitrogens with two attached hydrogens (primary N) is 1. The molecule has 0 radical (unpaired) electrons. The van der Waals surface area contributed by atoms with Gasteiger partial charge in [-0.05, 0) is 24.5 Å². The molecule has 5 nitrogen and oxygen atoms in total. The molecule has 0 aliphatic carbocycles. The summed E-state index contributed by atoms with van der Waals surface area (Å²) >= 11 is 8.07. The first-order valence-corrected chi connectivity index (χ1v) is 14.1. The van der Waals surface area contributed by atoms with Gasteiger partial charge in [-0.3, -0.25) is 4.79 Å². The highest BCUT2D eigenvalue weighted by Crippen LogP contribution is 2.25. The molecule has 186 valence electrons. The number of ether oxygens (including phenoxy) is 2. The number of rotatable bonds is 19. The lowest BCUT2D eigenvalue weighted by Gasteiger charge is -2.13. The number of carbonyl (C=O) groups excluding carboxylic acids is 2. The Labute approximate surface area is 209 Å². The van der Waals surface area contributed by atoms with Gasteiger partial charge in [-0.2, -0.15) is 0 Å². The van der Waals surface area contributed by atoms with E-state index in [9.17, 15) is 9.59 Å². The molecule has 0 aromatic rings. The Hall–Kier alpha value is -0.570. The molecule has 0 amide bonds. The van der Waals surface area contributed by atoms with Crippen LogP contribution in [0.25, 0.3) is 0 Å². The minimum Gasteiger partial charge on any atom is -0.461 e. The van der Waals surface area contributed by atoms with E-state index in [1.165, 1.54) is 57.8 Å². The number of thioether (sulfide) groups is 2. The second-order valence-electron chi connectivity index (χ2n) is 8.35. The fourth-order valence-electron chi connectivity index (χ4n) is 2.98. The van der Waals surface area contributed by atoms with Gasteiger partial charge in [0.05, 0.1) is 4.91 Å². The summed E-state index contributed by atoms with van der Waals surface area (Å²) in [5.74, 6) is 0.242. The quantitative estimate of drug-likeness (QED) is 0.0906. The van der Waals surface area contributed by atoms with Crippen LogP contribution in [0.1, 0.15) is 91.4 Å². The van der Waals surface area contributed by atoms with Crippen LogP contribution in [0.2, 0.25) is 0 Å². The first-order valence-electron chi connectivity index (χ1n) is 11.9. The van der Waals surface area contributed by atoms with Crippen LogP contribution in [-0.2, 0) is 19.1 Å². The Kier molecular flexibility index (Phi) is 20.6. The lowest BCUT2D eigenvalue weighted by molar-refractivity contribution is -0.151. The van der Waals surface area contributed by atoms with E-state index in [2.05, 4.69) is 13.5 Å². The molecule has 0 saturated heterocycles. The molecule has 0 heterocycles. The lowest BCUT2D eigenvalue weighted by Crippen LogP contribution is -2.34. The standard InChI is InChI=1S/C24H43NO4S3/c1-5-6-7-8-9-10-11-12-13-14-17-31-24(30)32-20(4)22(26)28-15-16-29-23(27)21(25)18-19(2)3/h19,21H,4-18,25H2,1-3H3/t21-/m0/s1. The molecule has 0 spiro atoms. The molecular formula is C24H43NO4S3. The van der Waals surface area contributed by atoms with Crippen LogP contribution in [0.4, 0.5) is 0 Å². The molecule has 2 N–H and O–H groups in total. The third-order valence-electron chi connectivity index (χ3n) is 4.74. The van der Waals surface area contributed by atoms with Gasteiger partial charge in [0.25, 0.3) is 0 Å². The molecule has 0 bridgehead atoms. The van der Waals surface area contributed by atoms with Crippen molar-refractivity contribution >= 4 is 51.2 Å². The van der Waals surface area contributed by atoms with Gasteiger partial charge in [0.2, 0.25) is 0 Å². The largest absolute Gasteiger partial charge is 0.461 e. The molecular weight excluding hydrogens is 462 g/mol. The summed E-state index contributed by atoms with van der Waals surface area (Å²) in [6.45, 7) is 9.90. The average molecular weight is 506 g/mol. The molecule has 0 aliphatic heterocycles. The zero-order valence-corrected chi connectivity index (χ0v) is 22.6. The third-order valence-corrected chi connectivity index (χ3v) is 7.26. The molecule has 32 heavy (non-hydrogen) atoms. The summed E-state index contributed by atoms with van der Waals surface area (Å²) in [6, 6.07) is -0.652. The van der Waals surface area contributed by atoms with Gasteiger partial charge in [0.1, 0.15) is 22.8 Å². The summed E-state index contributed by atoms with van der Waals surface area (Å²) in [4.78, 5) is 23.9. The van der Waals surface area contributed by atoms with E-state index in [4.69, 9.17) is 27.4 Å². The van der Waals surface area contributed by atoms with E-state index in [-0.39, 0.29) is 18.1 Å². The second kappa shape index (κ2) is 21.0. The van der Waals surface area contributed by atoms with Crippen LogP contribution < -0.4 is 5.73 Å². The predicted molar refractivity (Wildman–Crippen MR) is 143 cm³/mol. The van der Waals surface area contributed by atoms with E-state index in [1.807, 2.05) is 13.8 Å². The van der Waals surface area contributed by atoms with E-state index < -0.39 is 18.0 Å². The Balaban J connectivity index is 3.70. The highest BCUT2D eigenvalue weighted by Gasteiger charge is 2.17. The summed E-state index contributed by atoms with van der Waals surface area (Å²) in [7, 11) is 0. The Bertz CT molecular complexity index is 555. The van der Waals surface area contributed by atoms with Crippen molar-refractivity contribution in [2.24, 2.45) is 11.7 Å². The summed E-state index contributed by atoms with van der Waals surface area (Å²) in [5, 5.41) is 0. The minimum atomic E-state index is -0.652. The first-order chi connectivity index (χ1) is 15.3. The average Bonchev–Trinajstić information content (AvgIpc) is 2.74. The van der Waals surface area contributed by atoms with Crippen molar-refractivity contribution in [3.63, 3.8) is 0 Å². The van der Waals surface area contributed by atoms with E-state index in [1.54, 1.807) is 11.8 Å². The second-order valence-corrected chi connectivity index (χ2v) is 11.7. The van der Waals surface area contributed by atoms with Crippen molar-refractivity contribution in [3.05, 3.63) is 11.5 Å². The maximum Gasteiger partial charge on any atom is 0.344 e. The number of thiocarbonyl (C=S) groups is 1. The van der Waals surface area contributed by atoms with Crippen LogP contribution in [0.5, 0.6) is 0 Å². The highest BCUT2D eigenvalue weighted by atomic mass is 32.2. The first kappa shape index (κ1) is 31.4. The normalized spacial score (nSPS) is 11.9. The summed E-state index contributed by atoms with van der Waals surface area (Å²) < 4.78 is 10.8. The SMILES string of the molecule is C=C(SC(=S)SCCCCCCCCCCCC)C(=O)OCCOC(=O)[C@@H](N)CC(C)C. The highest BCUT2D eigenvalue weighted by molar-refractivity contribution is 8.48. The number of hydrogen-bond acceptors (Lipinski definition) is 8. The Morgan fingerprint density at radius 2 is 1.47 bits per heavy atom. The van der Waals surface area contributed by atoms with Gasteiger partial charge in [0.15, 0.2) is 0 Å². The monoisotopic (exact) mass is 505 g/mol. The van der Waals surface area contributed by atoms with Crippen LogP contribution in [0.3, 0.4) is 0 Å². The van der Waals surface area contributed by atoms with E-state index in [0.29, 0.717) is 15.9 Å². The van der Waals surface area contributed by atoms with Crippen LogP contribution in [0, 0.1) is 5.92 Å². The predicted octanol–water partition coefficient (Wildman–Crippen LogP) is 6.63. The van der Waals surface area contributed by atoms with Gasteiger partial charge in [-0.15, -0.1) is 11.8 Å². The van der Waals surface area contributed by atoms with Gasteiger partial charge in [-0.25, -0.2) is 4.79 Å². The zero-order valence-electron chi connectivity index (χ0n) is 20.2. The van der Waals surface area contributed by atoms with Crippen molar-refractivity contribution in [1.82, 2.24) is 0 Å². The summed E-state index contributed by atoms with van der Waals surface area (Å²) in [6.07, 6.45) is 13.6. The molecule has 0 aromatic heterocycles. The van der Waals surface area contributed by atoms with Gasteiger partial charge in [-0.1, -0.05) is 109 Å². The van der Waals surface area contributed by atoms with E-state index in [0.717, 1.165) is 23.9 Å². The lowest BCUT2D eigenvalue weighted by atomic mass is 10.1. The topological polar surface area (TPSA) is 78.6 Å². The van der Waals surface area contributed by atoms with Crippen LogP contribution in [-0.4, -0.2) is 40.5 Å². The van der Waals surface area contributed by atoms with Gasteiger partial charge < -0.3 is 15.2 Å². The zero-order chi connectivity index (χ0) is 24.2. The smallest absolute Gasteiger partial charge is 0.344 e. The fourth-order valence-corrected chi connectivity index (χ4v) is 5.18. The minimum absolute atomic E-state index is 0.0216. The Morgan fingerprint density at radius 3 is 2.03 bits per heavy atom. The molecule has 8 heteroatoms. The third kappa shape index (κ3) is 18.9. The molecule has 0 unspecified atom stereocenters. The number of esters is 2. The van der Waals surface area contributed by atoms with Gasteiger partial charge >= 0.3 is 11.9 Å². The maximum atomic E-state index is 12.0. The van der Waals surface area contributed by atoms with Crippen molar-refractivity contribution in [2.75, 3.05) is 19.0 Å². The van der Waals surface area contributed by atoms with Crippen LogP contribution in [0.15, 0.2) is 11.5 Å². The van der Waals surface area contributed by atoms with Crippen molar-refractivity contribution in [1.29, 1.82) is 0 Å². The summed E-state index contributed by atoms with van der Waals surface area (Å²) in [5.41, 5.74) is 5.75. The molecule has 0 aromatic carbocycles. The van der Waals surface area contributed by atoms with Gasteiger partial charge in [0, 0.05) is 0 Å². The maximum absolute atomic E-state index is 12.0. The molecule has 1 atom stereocenters. The Morgan fingerprint density at radius 1 is 0.938 bits per heavy atom.